The van der Waals surface area contributed by atoms with Crippen LogP contribution in [0.4, 0.5) is 4.39 Å². The summed E-state index contributed by atoms with van der Waals surface area (Å²) >= 11 is 1.40. The molecule has 1 aromatic heterocycles. The molecule has 10 heteroatoms. The third kappa shape index (κ3) is 4.96. The van der Waals surface area contributed by atoms with Crippen LogP contribution in [0.2, 0.25) is 0 Å². The molecular weight excluding hydrogens is 477 g/mol. The van der Waals surface area contributed by atoms with Crippen molar-refractivity contribution in [3.8, 4) is 0 Å². The predicted octanol–water partition coefficient (Wildman–Crippen LogP) is 3.94. The lowest BCUT2D eigenvalue weighted by Gasteiger charge is -2.40. The highest BCUT2D eigenvalue weighted by atomic mass is 32.2. The fourth-order valence-corrected chi connectivity index (χ4v) is 5.41. The molecule has 2 aliphatic rings. The number of piperazine rings is 1. The van der Waals surface area contributed by atoms with Gasteiger partial charge in [0.15, 0.2) is 11.0 Å². The molecule has 8 nitrogen and oxygen atoms in total. The Kier molecular flexibility index (Phi) is 6.72. The number of hydrogen-bond acceptors (Lipinski definition) is 7. The second kappa shape index (κ2) is 9.94. The van der Waals surface area contributed by atoms with Crippen molar-refractivity contribution in [2.75, 3.05) is 26.2 Å². The zero-order valence-corrected chi connectivity index (χ0v) is 21.3. The number of hydrogen-bond donors (Lipinski definition) is 0. The third-order valence-electron chi connectivity index (χ3n) is 6.23. The first-order valence-electron chi connectivity index (χ1n) is 11.9. The average Bonchev–Trinajstić information content (AvgIpc) is 3.49. The van der Waals surface area contributed by atoms with Crippen molar-refractivity contribution in [1.82, 2.24) is 30.0 Å². The highest BCUT2D eigenvalue weighted by molar-refractivity contribution is 8.18. The third-order valence-corrected chi connectivity index (χ3v) is 7.27. The van der Waals surface area contributed by atoms with E-state index < -0.39 is 6.04 Å². The van der Waals surface area contributed by atoms with Crippen molar-refractivity contribution in [3.05, 3.63) is 82.3 Å². The molecule has 2 aromatic carbocycles. The van der Waals surface area contributed by atoms with Crippen molar-refractivity contribution >= 4 is 28.9 Å². The van der Waals surface area contributed by atoms with Crippen LogP contribution in [0.5, 0.6) is 0 Å². The van der Waals surface area contributed by atoms with E-state index in [2.05, 4.69) is 30.3 Å². The number of amidine groups is 1. The number of aliphatic imine (C=N–C) groups is 1. The van der Waals surface area contributed by atoms with E-state index in [9.17, 15) is 4.79 Å². The maximum absolute atomic E-state index is 15.0. The van der Waals surface area contributed by atoms with E-state index in [4.69, 9.17) is 0 Å². The molecule has 1 unspecified atom stereocenters. The summed E-state index contributed by atoms with van der Waals surface area (Å²) in [6.45, 7) is 8.66. The van der Waals surface area contributed by atoms with Gasteiger partial charge in [0.2, 0.25) is 0 Å². The summed E-state index contributed by atoms with van der Waals surface area (Å²) in [5, 5.41) is 13.2. The highest BCUT2D eigenvalue weighted by Crippen LogP contribution is 2.34. The van der Waals surface area contributed by atoms with Crippen LogP contribution in [-0.2, 0) is 10.3 Å². The van der Waals surface area contributed by atoms with E-state index >= 15 is 4.39 Å². The van der Waals surface area contributed by atoms with E-state index in [1.807, 2.05) is 63.2 Å². The molecule has 0 aliphatic carbocycles. The molecule has 1 atom stereocenters. The molecule has 5 rings (SSSR count). The Hall–Kier alpha value is -3.37. The Morgan fingerprint density at radius 2 is 1.69 bits per heavy atom. The topological polar surface area (TPSA) is 79.5 Å². The molecule has 1 amide bonds. The summed E-state index contributed by atoms with van der Waals surface area (Å²) in [4.78, 5) is 21.8. The summed E-state index contributed by atoms with van der Waals surface area (Å²) < 4.78 is 16.8. The molecule has 186 valence electrons. The molecule has 0 saturated carbocycles. The van der Waals surface area contributed by atoms with Gasteiger partial charge in [-0.1, -0.05) is 48.5 Å². The van der Waals surface area contributed by atoms with Gasteiger partial charge in [-0.25, -0.2) is 9.07 Å². The first-order valence-corrected chi connectivity index (χ1v) is 12.7. The minimum atomic E-state index is -0.434. The molecule has 2 aliphatic heterocycles. The number of halogens is 1. The van der Waals surface area contributed by atoms with Crippen molar-refractivity contribution in [2.45, 2.75) is 32.4 Å². The van der Waals surface area contributed by atoms with Gasteiger partial charge in [-0.3, -0.25) is 9.69 Å². The van der Waals surface area contributed by atoms with E-state index in [-0.39, 0.29) is 17.3 Å². The van der Waals surface area contributed by atoms with E-state index in [1.54, 1.807) is 16.8 Å². The lowest BCUT2D eigenvalue weighted by atomic mass is 10.0. The van der Waals surface area contributed by atoms with Crippen LogP contribution in [0.1, 0.15) is 43.8 Å². The number of carbonyl (C=O) groups excluding carboxylic acids is 1. The molecule has 36 heavy (non-hydrogen) atoms. The van der Waals surface area contributed by atoms with Crippen molar-refractivity contribution in [1.29, 1.82) is 0 Å². The molecule has 0 spiro atoms. The molecule has 0 bridgehead atoms. The van der Waals surface area contributed by atoms with Gasteiger partial charge < -0.3 is 4.90 Å². The summed E-state index contributed by atoms with van der Waals surface area (Å²) in [6.07, 6.45) is 1.88. The van der Waals surface area contributed by atoms with Crippen LogP contribution >= 0.6 is 11.8 Å². The maximum Gasteiger partial charge on any atom is 0.286 e. The van der Waals surface area contributed by atoms with E-state index in [0.29, 0.717) is 47.6 Å². The average molecular weight is 506 g/mol. The van der Waals surface area contributed by atoms with E-state index in [0.717, 1.165) is 5.56 Å². The van der Waals surface area contributed by atoms with Crippen LogP contribution in [0.25, 0.3) is 6.08 Å². The predicted molar refractivity (Wildman–Crippen MR) is 139 cm³/mol. The van der Waals surface area contributed by atoms with Gasteiger partial charge in [-0.2, -0.15) is 4.99 Å². The minimum absolute atomic E-state index is 0.213. The quantitative estimate of drug-likeness (QED) is 0.497. The second-order valence-corrected chi connectivity index (χ2v) is 10.8. The summed E-state index contributed by atoms with van der Waals surface area (Å²) in [5.74, 6) is 0.108. The maximum atomic E-state index is 15.0. The number of rotatable bonds is 4. The monoisotopic (exact) mass is 505 g/mol. The Bertz CT molecular complexity index is 1310. The van der Waals surface area contributed by atoms with Gasteiger partial charge in [0.1, 0.15) is 11.9 Å². The fourth-order valence-electron chi connectivity index (χ4n) is 4.44. The van der Waals surface area contributed by atoms with Crippen molar-refractivity contribution in [2.24, 2.45) is 4.99 Å². The van der Waals surface area contributed by atoms with Crippen LogP contribution in [0.15, 0.2) is 64.5 Å². The van der Waals surface area contributed by atoms with Crippen LogP contribution in [0, 0.1) is 5.82 Å². The zero-order valence-electron chi connectivity index (χ0n) is 20.5. The normalized spacial score (nSPS) is 19.1. The number of carbonyl (C=O) groups is 1. The molecule has 3 aromatic rings. The molecular formula is C26H28FN7OS. The molecule has 1 saturated heterocycles. The Balaban J connectivity index is 1.35. The van der Waals surface area contributed by atoms with Crippen LogP contribution in [-0.4, -0.2) is 67.3 Å². The first kappa shape index (κ1) is 24.3. The van der Waals surface area contributed by atoms with Gasteiger partial charge in [-0.05, 0) is 60.7 Å². The Morgan fingerprint density at radius 3 is 2.39 bits per heavy atom. The smallest absolute Gasteiger partial charge is 0.286 e. The number of aromatic nitrogens is 4. The lowest BCUT2D eigenvalue weighted by Crippen LogP contribution is -2.50. The van der Waals surface area contributed by atoms with Crippen LogP contribution in [0.3, 0.4) is 0 Å². The number of tetrazole rings is 1. The van der Waals surface area contributed by atoms with Gasteiger partial charge >= 0.3 is 0 Å². The van der Waals surface area contributed by atoms with Gasteiger partial charge in [0.25, 0.3) is 5.91 Å². The highest BCUT2D eigenvalue weighted by Gasteiger charge is 2.36. The standard InChI is InChI=1S/C26H28FN7OS/c1-26(2,3)34-23(29-30-31-34)22(19-11-7-8-12-20(19)27)32-13-15-33(16-14-32)25-28-24(35)21(36-25)17-18-9-5-4-6-10-18/h4-12,17,22H,13-16H2,1-3H3/b21-17-. The molecule has 0 radical (unpaired) electrons. The Labute approximate surface area is 213 Å². The van der Waals surface area contributed by atoms with Crippen molar-refractivity contribution < 1.29 is 9.18 Å². The molecule has 0 N–H and O–H groups in total. The summed E-state index contributed by atoms with van der Waals surface area (Å²) in [7, 11) is 0. The van der Waals surface area contributed by atoms with Gasteiger partial charge in [0, 0.05) is 31.7 Å². The van der Waals surface area contributed by atoms with Gasteiger partial charge in [0.05, 0.1) is 10.4 Å². The first-order chi connectivity index (χ1) is 17.3. The SMILES string of the molecule is CC(C)(C)n1nnnc1C(c1ccccc1F)N1CCN(C2=NC(=O)/C(=C/c3ccccc3)S2)CC1. The second-order valence-electron chi connectivity index (χ2n) is 9.79. The molecule has 1 fully saturated rings. The van der Waals surface area contributed by atoms with Crippen molar-refractivity contribution in [3.63, 3.8) is 0 Å². The van der Waals surface area contributed by atoms with Gasteiger partial charge in [-0.15, -0.1) is 5.10 Å². The number of thioether (sulfide) groups is 1. The van der Waals surface area contributed by atoms with Crippen LogP contribution < -0.4 is 0 Å². The fraction of sp³-hybridized carbons (Fsp3) is 0.346. The number of nitrogens with zero attached hydrogens (tertiary/aromatic N) is 7. The Morgan fingerprint density at radius 1 is 1.00 bits per heavy atom. The largest absolute Gasteiger partial charge is 0.348 e. The molecule has 3 heterocycles. The summed E-state index contributed by atoms with van der Waals surface area (Å²) in [5.41, 5.74) is 1.15. The number of amides is 1. The zero-order chi connectivity index (χ0) is 25.3. The lowest BCUT2D eigenvalue weighted by molar-refractivity contribution is -0.113. The number of benzene rings is 2. The summed E-state index contributed by atoms with van der Waals surface area (Å²) in [6, 6.07) is 16.1. The van der Waals surface area contributed by atoms with E-state index in [1.165, 1.54) is 17.8 Å². The minimum Gasteiger partial charge on any atom is -0.348 e.